The first-order chi connectivity index (χ1) is 10.7. The molecule has 3 heterocycles. The standard InChI is InChI=1S/C16H20N4OS/c1-3-19(2)15-13-4-7-20(8-5-14(13)17-11-18-15)16(21)12-6-9-22-10-12/h6,9-11H,3-5,7-8H2,1-2H3. The summed E-state index contributed by atoms with van der Waals surface area (Å²) in [6, 6.07) is 1.89. The van der Waals surface area contributed by atoms with Crippen LogP contribution in [-0.2, 0) is 12.8 Å². The predicted octanol–water partition coefficient (Wildman–Crippen LogP) is 2.24. The second kappa shape index (κ2) is 6.44. The highest BCUT2D eigenvalue weighted by Gasteiger charge is 2.23. The van der Waals surface area contributed by atoms with Gasteiger partial charge in [-0.2, -0.15) is 11.3 Å². The predicted molar refractivity (Wildman–Crippen MR) is 88.6 cm³/mol. The number of hydrogen-bond acceptors (Lipinski definition) is 5. The van der Waals surface area contributed by atoms with E-state index in [9.17, 15) is 4.79 Å². The minimum atomic E-state index is 0.118. The number of thiophene rings is 1. The summed E-state index contributed by atoms with van der Waals surface area (Å²) in [5, 5.41) is 3.86. The molecular weight excluding hydrogens is 296 g/mol. The summed E-state index contributed by atoms with van der Waals surface area (Å²) >= 11 is 1.56. The van der Waals surface area contributed by atoms with Crippen molar-refractivity contribution in [3.05, 3.63) is 40.0 Å². The van der Waals surface area contributed by atoms with Gasteiger partial charge in [0, 0.05) is 44.0 Å². The maximum Gasteiger partial charge on any atom is 0.254 e. The number of aromatic nitrogens is 2. The first-order valence-corrected chi connectivity index (χ1v) is 8.50. The Labute approximate surface area is 134 Å². The monoisotopic (exact) mass is 316 g/mol. The smallest absolute Gasteiger partial charge is 0.254 e. The third-order valence-corrected chi connectivity index (χ3v) is 4.84. The van der Waals surface area contributed by atoms with Gasteiger partial charge in [0.1, 0.15) is 12.1 Å². The minimum absolute atomic E-state index is 0.118. The Hall–Kier alpha value is -1.95. The van der Waals surface area contributed by atoms with Crippen LogP contribution in [0.25, 0.3) is 0 Å². The first kappa shape index (κ1) is 15.0. The summed E-state index contributed by atoms with van der Waals surface area (Å²) in [6.07, 6.45) is 3.24. The molecule has 116 valence electrons. The Morgan fingerprint density at radius 1 is 1.36 bits per heavy atom. The van der Waals surface area contributed by atoms with E-state index >= 15 is 0 Å². The van der Waals surface area contributed by atoms with E-state index in [2.05, 4.69) is 21.8 Å². The molecule has 0 unspecified atom stereocenters. The maximum atomic E-state index is 12.5. The Balaban J connectivity index is 1.82. The Kier molecular flexibility index (Phi) is 4.38. The Morgan fingerprint density at radius 3 is 2.91 bits per heavy atom. The normalized spacial score (nSPS) is 14.4. The molecule has 0 aliphatic carbocycles. The van der Waals surface area contributed by atoms with Crippen molar-refractivity contribution in [1.29, 1.82) is 0 Å². The lowest BCUT2D eigenvalue weighted by atomic mass is 10.1. The molecular formula is C16H20N4OS. The van der Waals surface area contributed by atoms with Crippen LogP contribution in [0.4, 0.5) is 5.82 Å². The zero-order valence-electron chi connectivity index (χ0n) is 13.0. The number of fused-ring (bicyclic) bond motifs is 1. The quantitative estimate of drug-likeness (QED) is 0.871. The molecule has 2 aromatic heterocycles. The molecule has 0 spiro atoms. The molecule has 0 saturated carbocycles. The van der Waals surface area contributed by atoms with E-state index in [0.717, 1.165) is 43.0 Å². The van der Waals surface area contributed by atoms with Crippen molar-refractivity contribution < 1.29 is 4.79 Å². The molecule has 1 amide bonds. The average Bonchev–Trinajstić information content (AvgIpc) is 3.00. The lowest BCUT2D eigenvalue weighted by molar-refractivity contribution is 0.0763. The zero-order valence-corrected chi connectivity index (χ0v) is 13.8. The van der Waals surface area contributed by atoms with Crippen LogP contribution in [0.15, 0.2) is 23.2 Å². The molecule has 22 heavy (non-hydrogen) atoms. The molecule has 0 aromatic carbocycles. The second-order valence-electron chi connectivity index (χ2n) is 5.44. The van der Waals surface area contributed by atoms with Crippen molar-refractivity contribution in [1.82, 2.24) is 14.9 Å². The molecule has 0 bridgehead atoms. The van der Waals surface area contributed by atoms with Gasteiger partial charge in [-0.15, -0.1) is 0 Å². The lowest BCUT2D eigenvalue weighted by Crippen LogP contribution is -2.33. The van der Waals surface area contributed by atoms with Crippen molar-refractivity contribution in [3.63, 3.8) is 0 Å². The number of carbonyl (C=O) groups is 1. The number of rotatable bonds is 3. The van der Waals surface area contributed by atoms with Crippen LogP contribution in [0, 0.1) is 0 Å². The van der Waals surface area contributed by atoms with Gasteiger partial charge in [-0.3, -0.25) is 4.79 Å². The second-order valence-corrected chi connectivity index (χ2v) is 6.22. The van der Waals surface area contributed by atoms with E-state index in [1.54, 1.807) is 17.7 Å². The largest absolute Gasteiger partial charge is 0.360 e. The molecule has 0 N–H and O–H groups in total. The lowest BCUT2D eigenvalue weighted by Gasteiger charge is -2.20. The highest BCUT2D eigenvalue weighted by molar-refractivity contribution is 7.08. The van der Waals surface area contributed by atoms with Crippen LogP contribution in [0.2, 0.25) is 0 Å². The van der Waals surface area contributed by atoms with Gasteiger partial charge in [0.05, 0.1) is 11.3 Å². The zero-order chi connectivity index (χ0) is 15.5. The van der Waals surface area contributed by atoms with E-state index in [1.807, 2.05) is 28.8 Å². The SMILES string of the molecule is CCN(C)c1ncnc2c1CCN(C(=O)c1ccsc1)CC2. The molecule has 5 nitrogen and oxygen atoms in total. The van der Waals surface area contributed by atoms with Gasteiger partial charge < -0.3 is 9.80 Å². The van der Waals surface area contributed by atoms with Crippen LogP contribution in [0.1, 0.15) is 28.5 Å². The van der Waals surface area contributed by atoms with Crippen molar-refractivity contribution in [2.24, 2.45) is 0 Å². The summed E-state index contributed by atoms with van der Waals surface area (Å²) in [6.45, 7) is 4.45. The van der Waals surface area contributed by atoms with Crippen LogP contribution in [0.3, 0.4) is 0 Å². The third kappa shape index (κ3) is 2.83. The van der Waals surface area contributed by atoms with E-state index in [-0.39, 0.29) is 5.91 Å². The summed E-state index contributed by atoms with van der Waals surface area (Å²) in [5.41, 5.74) is 3.05. The van der Waals surface area contributed by atoms with Crippen molar-refractivity contribution >= 4 is 23.1 Å². The molecule has 1 aliphatic rings. The molecule has 6 heteroatoms. The fourth-order valence-corrected chi connectivity index (χ4v) is 3.39. The number of nitrogens with zero attached hydrogens (tertiary/aromatic N) is 4. The summed E-state index contributed by atoms with van der Waals surface area (Å²) in [4.78, 5) is 25.5. The van der Waals surface area contributed by atoms with Crippen LogP contribution in [-0.4, -0.2) is 47.5 Å². The maximum absolute atomic E-state index is 12.5. The van der Waals surface area contributed by atoms with E-state index in [0.29, 0.717) is 6.54 Å². The molecule has 0 fully saturated rings. The highest BCUT2D eigenvalue weighted by Crippen LogP contribution is 2.23. The average molecular weight is 316 g/mol. The molecule has 1 aliphatic heterocycles. The van der Waals surface area contributed by atoms with Gasteiger partial charge in [-0.1, -0.05) is 0 Å². The van der Waals surface area contributed by atoms with Gasteiger partial charge in [0.15, 0.2) is 0 Å². The van der Waals surface area contributed by atoms with E-state index < -0.39 is 0 Å². The summed E-state index contributed by atoms with van der Waals surface area (Å²) in [7, 11) is 2.04. The van der Waals surface area contributed by atoms with Gasteiger partial charge in [-0.05, 0) is 24.8 Å². The van der Waals surface area contributed by atoms with E-state index in [1.165, 1.54) is 5.56 Å². The van der Waals surface area contributed by atoms with Crippen molar-refractivity contribution in [2.45, 2.75) is 19.8 Å². The fourth-order valence-electron chi connectivity index (χ4n) is 2.76. The third-order valence-electron chi connectivity index (χ3n) is 4.15. The first-order valence-electron chi connectivity index (χ1n) is 7.56. The number of hydrogen-bond donors (Lipinski definition) is 0. The fraction of sp³-hybridized carbons (Fsp3) is 0.438. The number of anilines is 1. The molecule has 0 saturated heterocycles. The van der Waals surface area contributed by atoms with Crippen molar-refractivity contribution in [3.8, 4) is 0 Å². The van der Waals surface area contributed by atoms with Crippen LogP contribution < -0.4 is 4.90 Å². The molecule has 0 atom stereocenters. The van der Waals surface area contributed by atoms with Gasteiger partial charge >= 0.3 is 0 Å². The van der Waals surface area contributed by atoms with Gasteiger partial charge in [0.2, 0.25) is 0 Å². The molecule has 2 aromatic rings. The minimum Gasteiger partial charge on any atom is -0.360 e. The highest BCUT2D eigenvalue weighted by atomic mass is 32.1. The summed E-state index contributed by atoms with van der Waals surface area (Å²) in [5.74, 6) is 1.12. The van der Waals surface area contributed by atoms with Gasteiger partial charge in [0.25, 0.3) is 5.91 Å². The van der Waals surface area contributed by atoms with Crippen molar-refractivity contribution in [2.75, 3.05) is 31.6 Å². The molecule has 0 radical (unpaired) electrons. The Bertz CT molecular complexity index is 656. The van der Waals surface area contributed by atoms with Crippen LogP contribution >= 0.6 is 11.3 Å². The molecule has 3 rings (SSSR count). The topological polar surface area (TPSA) is 49.3 Å². The number of carbonyl (C=O) groups excluding carboxylic acids is 1. The number of amides is 1. The van der Waals surface area contributed by atoms with Gasteiger partial charge in [-0.25, -0.2) is 9.97 Å². The Morgan fingerprint density at radius 2 is 2.18 bits per heavy atom. The van der Waals surface area contributed by atoms with Crippen LogP contribution in [0.5, 0.6) is 0 Å². The van der Waals surface area contributed by atoms with E-state index in [4.69, 9.17) is 0 Å². The summed E-state index contributed by atoms with van der Waals surface area (Å²) < 4.78 is 0.